The van der Waals surface area contributed by atoms with Gasteiger partial charge in [0.1, 0.15) is 0 Å². The fraction of sp³-hybridized carbons (Fsp3) is 0.127. The van der Waals surface area contributed by atoms with Crippen molar-refractivity contribution in [3.8, 4) is 21.6 Å². The molecule has 1 aliphatic carbocycles. The topological polar surface area (TPSA) is 0 Å². The minimum atomic E-state index is -0.559. The van der Waals surface area contributed by atoms with Crippen LogP contribution in [-0.4, -0.2) is 0 Å². The molecular formula is C71H56S2. The Labute approximate surface area is 437 Å². The monoisotopic (exact) mass is 972 g/mol. The van der Waals surface area contributed by atoms with Crippen LogP contribution in [0.3, 0.4) is 0 Å². The van der Waals surface area contributed by atoms with Crippen LogP contribution < -0.4 is 0 Å². The molecule has 0 N–H and O–H groups in total. The first-order chi connectivity index (χ1) is 36.0. The molecule has 352 valence electrons. The SMILES string of the molecule is Cc1ccc(-c2ccc(C(CCc3cc4c(c5ccccc35)-c3ccc(C(C)C(Cc5ccccc5)c5cccc6c5sc5ccccc56)cc3C4(c3ccccc3)c3ccccc3)c3ccccc3)cc2)s1. The molecule has 0 spiro atoms. The summed E-state index contributed by atoms with van der Waals surface area (Å²) in [6.45, 7) is 4.68. The lowest BCUT2D eigenvalue weighted by Crippen LogP contribution is -2.29. The van der Waals surface area contributed by atoms with E-state index >= 15 is 0 Å². The Kier molecular flexibility index (Phi) is 11.8. The van der Waals surface area contributed by atoms with Gasteiger partial charge in [0.2, 0.25) is 0 Å². The van der Waals surface area contributed by atoms with Crippen molar-refractivity contribution in [2.45, 2.75) is 56.3 Å². The van der Waals surface area contributed by atoms with Crippen LogP contribution in [-0.2, 0) is 18.3 Å². The Bertz CT molecular complexity index is 3860. The molecule has 0 saturated carbocycles. The summed E-state index contributed by atoms with van der Waals surface area (Å²) >= 11 is 3.82. The molecule has 0 nitrogen and oxygen atoms in total. The largest absolute Gasteiger partial charge is 0.141 e. The van der Waals surface area contributed by atoms with Gasteiger partial charge in [-0.2, -0.15) is 0 Å². The predicted octanol–water partition coefficient (Wildman–Crippen LogP) is 19.5. The van der Waals surface area contributed by atoms with E-state index in [-0.39, 0.29) is 17.8 Å². The minimum Gasteiger partial charge on any atom is -0.141 e. The van der Waals surface area contributed by atoms with E-state index in [0.717, 1.165) is 19.3 Å². The molecule has 12 aromatic rings. The Balaban J connectivity index is 0.976. The Morgan fingerprint density at radius 2 is 1.07 bits per heavy atom. The highest BCUT2D eigenvalue weighted by atomic mass is 32.1. The van der Waals surface area contributed by atoms with Crippen LogP contribution in [0.5, 0.6) is 0 Å². The summed E-state index contributed by atoms with van der Waals surface area (Å²) in [5.74, 6) is 0.689. The van der Waals surface area contributed by atoms with E-state index in [1.807, 2.05) is 22.7 Å². The summed E-state index contributed by atoms with van der Waals surface area (Å²) in [5.41, 5.74) is 17.1. The van der Waals surface area contributed by atoms with Gasteiger partial charge in [0.05, 0.1) is 5.41 Å². The van der Waals surface area contributed by atoms with Crippen LogP contribution in [0.1, 0.15) is 91.6 Å². The van der Waals surface area contributed by atoms with Gasteiger partial charge in [-0.05, 0) is 139 Å². The van der Waals surface area contributed by atoms with E-state index in [1.54, 1.807) is 0 Å². The summed E-state index contributed by atoms with van der Waals surface area (Å²) in [4.78, 5) is 2.67. The quantitative estimate of drug-likeness (QED) is 0.108. The number of thiophene rings is 2. The number of benzene rings is 10. The number of hydrogen-bond donors (Lipinski definition) is 0. The first-order valence-electron chi connectivity index (χ1n) is 26.0. The summed E-state index contributed by atoms with van der Waals surface area (Å²) in [6, 6.07) is 94.5. The molecule has 0 radical (unpaired) electrons. The molecule has 3 atom stereocenters. The summed E-state index contributed by atoms with van der Waals surface area (Å²) < 4.78 is 2.76. The van der Waals surface area contributed by atoms with Crippen molar-refractivity contribution in [2.24, 2.45) is 0 Å². The van der Waals surface area contributed by atoms with Gasteiger partial charge in [0.25, 0.3) is 0 Å². The van der Waals surface area contributed by atoms with Gasteiger partial charge < -0.3 is 0 Å². The second-order valence-corrected chi connectivity index (χ2v) is 22.6. The maximum Gasteiger partial charge on any atom is 0.0713 e. The van der Waals surface area contributed by atoms with E-state index in [2.05, 4.69) is 263 Å². The molecule has 1 aliphatic rings. The summed E-state index contributed by atoms with van der Waals surface area (Å²) in [7, 11) is 0. The van der Waals surface area contributed by atoms with Crippen molar-refractivity contribution in [1.29, 1.82) is 0 Å². The van der Waals surface area contributed by atoms with Gasteiger partial charge in [-0.1, -0.05) is 237 Å². The lowest BCUT2D eigenvalue weighted by molar-refractivity contribution is 0.575. The average molecular weight is 973 g/mol. The third-order valence-electron chi connectivity index (χ3n) is 16.2. The van der Waals surface area contributed by atoms with Crippen LogP contribution in [0.25, 0.3) is 52.5 Å². The number of fused-ring (bicyclic) bond motifs is 8. The van der Waals surface area contributed by atoms with Gasteiger partial charge in [0.15, 0.2) is 0 Å². The highest BCUT2D eigenvalue weighted by Gasteiger charge is 2.47. The molecule has 0 amide bonds. The van der Waals surface area contributed by atoms with Crippen molar-refractivity contribution in [1.82, 2.24) is 0 Å². The molecular weight excluding hydrogens is 917 g/mol. The molecule has 0 bridgehead atoms. The first-order valence-corrected chi connectivity index (χ1v) is 27.6. The number of rotatable bonds is 13. The summed E-state index contributed by atoms with van der Waals surface area (Å²) in [6.07, 6.45) is 2.87. The second-order valence-electron chi connectivity index (χ2n) is 20.2. The Morgan fingerprint density at radius 1 is 0.466 bits per heavy atom. The zero-order valence-corrected chi connectivity index (χ0v) is 43.0. The molecule has 3 unspecified atom stereocenters. The lowest BCUT2D eigenvalue weighted by atomic mass is 9.66. The Morgan fingerprint density at radius 3 is 1.77 bits per heavy atom. The first kappa shape index (κ1) is 45.3. The van der Waals surface area contributed by atoms with Gasteiger partial charge in [-0.15, -0.1) is 22.7 Å². The summed E-state index contributed by atoms with van der Waals surface area (Å²) in [5, 5.41) is 5.38. The van der Waals surface area contributed by atoms with Crippen molar-refractivity contribution in [3.63, 3.8) is 0 Å². The smallest absolute Gasteiger partial charge is 0.0713 e. The Hall–Kier alpha value is -7.62. The third-order valence-corrected chi connectivity index (χ3v) is 18.5. The van der Waals surface area contributed by atoms with E-state index in [9.17, 15) is 0 Å². The van der Waals surface area contributed by atoms with Crippen LogP contribution in [0.2, 0.25) is 0 Å². The zero-order valence-electron chi connectivity index (χ0n) is 41.3. The molecule has 2 heterocycles. The van der Waals surface area contributed by atoms with Crippen LogP contribution in [0.15, 0.2) is 249 Å². The van der Waals surface area contributed by atoms with Crippen molar-refractivity contribution < 1.29 is 0 Å². The lowest BCUT2D eigenvalue weighted by Gasteiger charge is -2.35. The predicted molar refractivity (Wildman–Crippen MR) is 313 cm³/mol. The molecule has 0 aliphatic heterocycles. The number of hydrogen-bond acceptors (Lipinski definition) is 2. The van der Waals surface area contributed by atoms with Gasteiger partial charge in [0, 0.05) is 35.8 Å². The average Bonchev–Trinajstić information content (AvgIpc) is 4.17. The van der Waals surface area contributed by atoms with Crippen molar-refractivity contribution in [2.75, 3.05) is 0 Å². The van der Waals surface area contributed by atoms with Gasteiger partial charge in [-0.3, -0.25) is 0 Å². The highest BCUT2D eigenvalue weighted by Crippen LogP contribution is 2.59. The fourth-order valence-corrected chi connectivity index (χ4v) is 14.8. The fourth-order valence-electron chi connectivity index (χ4n) is 12.6. The van der Waals surface area contributed by atoms with E-state index in [0.29, 0.717) is 0 Å². The van der Waals surface area contributed by atoms with Gasteiger partial charge >= 0.3 is 0 Å². The molecule has 2 aromatic heterocycles. The molecule has 2 heteroatoms. The second kappa shape index (κ2) is 19.1. The van der Waals surface area contributed by atoms with Crippen molar-refractivity contribution in [3.05, 3.63) is 309 Å². The standard InChI is InChI=1S/C71H56S2/c1-47-34-43-67(72-47)52-37-35-51(36-38-52)57(50-22-9-4-10-23-50)41-40-54-46-66-69(60-30-16-15-28-58(54)60)63-42-39-53(45-65(63)71(66,55-24-11-5-12-25-55)56-26-13-6-14-27-56)48(2)64(44-49-20-7-3-8-21-49)62-32-19-31-61-59-29-17-18-33-68(59)73-70(61)62/h3-39,42-43,45-46,48,57,64H,40-41,44H2,1-2H3. The maximum absolute atomic E-state index is 2.63. The minimum absolute atomic E-state index is 0.208. The maximum atomic E-state index is 2.63. The van der Waals surface area contributed by atoms with Crippen LogP contribution in [0, 0.1) is 6.92 Å². The van der Waals surface area contributed by atoms with E-state index in [1.165, 1.54) is 113 Å². The third kappa shape index (κ3) is 7.96. The molecule has 0 fully saturated rings. The zero-order chi connectivity index (χ0) is 48.9. The molecule has 0 saturated heterocycles. The van der Waals surface area contributed by atoms with E-state index < -0.39 is 5.41 Å². The molecule has 10 aromatic carbocycles. The molecule has 73 heavy (non-hydrogen) atoms. The highest BCUT2D eigenvalue weighted by molar-refractivity contribution is 7.26. The molecule has 13 rings (SSSR count). The van der Waals surface area contributed by atoms with E-state index in [4.69, 9.17) is 0 Å². The van der Waals surface area contributed by atoms with Crippen LogP contribution in [0.4, 0.5) is 0 Å². The van der Waals surface area contributed by atoms with Gasteiger partial charge in [-0.25, -0.2) is 0 Å². The number of aryl methyl sites for hydroxylation is 2. The van der Waals surface area contributed by atoms with Crippen molar-refractivity contribution >= 4 is 53.6 Å². The van der Waals surface area contributed by atoms with Crippen LogP contribution >= 0.6 is 22.7 Å². The normalized spacial score (nSPS) is 14.0.